The Balaban J connectivity index is 2.02. The van der Waals surface area contributed by atoms with Crippen LogP contribution in [0.3, 0.4) is 0 Å². The predicted molar refractivity (Wildman–Crippen MR) is 89.2 cm³/mol. The molecule has 1 heterocycles. The molecule has 0 aliphatic heterocycles. The molecule has 2 aromatic rings. The number of aromatic nitrogens is 2. The fraction of sp³-hybridized carbons (Fsp3) is 0.375. The monoisotopic (exact) mass is 301 g/mol. The highest BCUT2D eigenvalue weighted by Gasteiger charge is 2.16. The Morgan fingerprint density at radius 1 is 1.36 bits per heavy atom. The minimum Gasteiger partial charge on any atom is -0.496 e. The number of nitrogens with one attached hydrogen (secondary N) is 2. The van der Waals surface area contributed by atoms with E-state index < -0.39 is 0 Å². The standard InChI is InChI=1S/C16H23N5O/c1-16(2,3)13-9-14(21-20-13)19-15(17)18-10-11-7-5-6-8-12(11)22-4/h5-9H,10H2,1-4H3,(H4,17,18,19,20,21). The molecular weight excluding hydrogens is 278 g/mol. The van der Waals surface area contributed by atoms with Gasteiger partial charge in [0.15, 0.2) is 11.8 Å². The molecule has 1 aromatic carbocycles. The summed E-state index contributed by atoms with van der Waals surface area (Å²) in [7, 11) is 1.64. The van der Waals surface area contributed by atoms with Crippen molar-refractivity contribution < 1.29 is 4.74 Å². The van der Waals surface area contributed by atoms with E-state index in [1.807, 2.05) is 30.3 Å². The molecule has 6 nitrogen and oxygen atoms in total. The fourth-order valence-electron chi connectivity index (χ4n) is 1.94. The van der Waals surface area contributed by atoms with Crippen molar-refractivity contribution >= 4 is 11.8 Å². The number of rotatable bonds is 4. The Labute approximate surface area is 130 Å². The predicted octanol–water partition coefficient (Wildman–Crippen LogP) is 2.64. The quantitative estimate of drug-likeness (QED) is 0.598. The highest BCUT2D eigenvalue weighted by molar-refractivity contribution is 5.91. The van der Waals surface area contributed by atoms with Crippen LogP contribution in [0.2, 0.25) is 0 Å². The number of nitrogens with two attached hydrogens (primary N) is 1. The summed E-state index contributed by atoms with van der Waals surface area (Å²) < 4.78 is 5.29. The molecule has 0 fully saturated rings. The molecule has 0 aliphatic rings. The molecule has 118 valence electrons. The van der Waals surface area contributed by atoms with Crippen LogP contribution in [0.5, 0.6) is 5.75 Å². The molecule has 2 rings (SSSR count). The largest absolute Gasteiger partial charge is 0.496 e. The minimum absolute atomic E-state index is 0.0102. The molecule has 0 aliphatic carbocycles. The maximum absolute atomic E-state index is 5.91. The van der Waals surface area contributed by atoms with Crippen molar-refractivity contribution in [1.82, 2.24) is 10.2 Å². The Kier molecular flexibility index (Phi) is 4.70. The molecule has 0 radical (unpaired) electrons. The zero-order valence-electron chi connectivity index (χ0n) is 13.5. The van der Waals surface area contributed by atoms with E-state index in [0.717, 1.165) is 17.0 Å². The maximum Gasteiger partial charge on any atom is 0.194 e. The molecule has 0 unspecified atom stereocenters. The first kappa shape index (κ1) is 15.9. The third kappa shape index (κ3) is 4.00. The number of benzene rings is 1. The summed E-state index contributed by atoms with van der Waals surface area (Å²) >= 11 is 0. The highest BCUT2D eigenvalue weighted by Crippen LogP contribution is 2.22. The molecule has 0 bridgehead atoms. The number of methoxy groups -OCH3 is 1. The minimum atomic E-state index is 0.0102. The first-order chi connectivity index (χ1) is 10.4. The first-order valence-electron chi connectivity index (χ1n) is 7.15. The molecule has 0 spiro atoms. The SMILES string of the molecule is COc1ccccc1CN=C(N)Nc1cc(C(C)(C)C)[nH]n1. The second-order valence-electron chi connectivity index (χ2n) is 6.06. The third-order valence-corrected chi connectivity index (χ3v) is 3.25. The van der Waals surface area contributed by atoms with Crippen molar-refractivity contribution in [3.05, 3.63) is 41.6 Å². The van der Waals surface area contributed by atoms with Crippen LogP contribution in [0.15, 0.2) is 35.3 Å². The van der Waals surface area contributed by atoms with Gasteiger partial charge < -0.3 is 15.8 Å². The van der Waals surface area contributed by atoms with Gasteiger partial charge in [-0.1, -0.05) is 39.0 Å². The Bertz CT molecular complexity index is 655. The summed E-state index contributed by atoms with van der Waals surface area (Å²) in [6.07, 6.45) is 0. The summed E-state index contributed by atoms with van der Waals surface area (Å²) in [6, 6.07) is 9.66. The molecule has 1 aromatic heterocycles. The van der Waals surface area contributed by atoms with Crippen molar-refractivity contribution in [3.8, 4) is 5.75 Å². The van der Waals surface area contributed by atoms with Crippen LogP contribution in [0.25, 0.3) is 0 Å². The van der Waals surface area contributed by atoms with E-state index in [4.69, 9.17) is 10.5 Å². The molecule has 0 saturated heterocycles. The molecule has 0 saturated carbocycles. The summed E-state index contributed by atoms with van der Waals surface area (Å²) in [5.41, 5.74) is 7.93. The topological polar surface area (TPSA) is 88.3 Å². The molecule has 4 N–H and O–H groups in total. The summed E-state index contributed by atoms with van der Waals surface area (Å²) in [5, 5.41) is 10.2. The van der Waals surface area contributed by atoms with Gasteiger partial charge in [0.1, 0.15) is 5.75 Å². The van der Waals surface area contributed by atoms with Gasteiger partial charge in [-0.25, -0.2) is 4.99 Å². The number of ether oxygens (including phenoxy) is 1. The van der Waals surface area contributed by atoms with E-state index in [2.05, 4.69) is 41.3 Å². The maximum atomic E-state index is 5.91. The van der Waals surface area contributed by atoms with Crippen molar-refractivity contribution in [2.45, 2.75) is 32.7 Å². The molecule has 6 heteroatoms. The molecule has 22 heavy (non-hydrogen) atoms. The third-order valence-electron chi connectivity index (χ3n) is 3.25. The molecule has 0 atom stereocenters. The second-order valence-corrected chi connectivity index (χ2v) is 6.06. The van der Waals surface area contributed by atoms with Crippen LogP contribution in [0, 0.1) is 0 Å². The van der Waals surface area contributed by atoms with Crippen molar-refractivity contribution in [2.75, 3.05) is 12.4 Å². The van der Waals surface area contributed by atoms with Gasteiger partial charge in [0, 0.05) is 22.7 Å². The summed E-state index contributed by atoms with van der Waals surface area (Å²) in [5.74, 6) is 1.78. The van der Waals surface area contributed by atoms with Crippen LogP contribution in [-0.2, 0) is 12.0 Å². The van der Waals surface area contributed by atoms with E-state index >= 15 is 0 Å². The number of hydrogen-bond donors (Lipinski definition) is 3. The summed E-state index contributed by atoms with van der Waals surface area (Å²) in [6.45, 7) is 6.79. The van der Waals surface area contributed by atoms with Crippen molar-refractivity contribution in [2.24, 2.45) is 10.7 Å². The fourth-order valence-corrected chi connectivity index (χ4v) is 1.94. The molecular formula is C16H23N5O. The lowest BCUT2D eigenvalue weighted by Crippen LogP contribution is -2.22. The van der Waals surface area contributed by atoms with Gasteiger partial charge in [0.2, 0.25) is 0 Å². The Morgan fingerprint density at radius 2 is 2.09 bits per heavy atom. The first-order valence-corrected chi connectivity index (χ1v) is 7.15. The number of anilines is 1. The van der Waals surface area contributed by atoms with Gasteiger partial charge in [-0.2, -0.15) is 5.10 Å². The normalized spacial score (nSPS) is 12.3. The Morgan fingerprint density at radius 3 is 2.73 bits per heavy atom. The van der Waals surface area contributed by atoms with Gasteiger partial charge in [0.05, 0.1) is 13.7 Å². The van der Waals surface area contributed by atoms with E-state index in [9.17, 15) is 0 Å². The van der Waals surface area contributed by atoms with E-state index in [0.29, 0.717) is 18.3 Å². The van der Waals surface area contributed by atoms with Crippen LogP contribution >= 0.6 is 0 Å². The number of nitrogens with zero attached hydrogens (tertiary/aromatic N) is 2. The number of aromatic amines is 1. The number of para-hydroxylation sites is 1. The number of hydrogen-bond acceptors (Lipinski definition) is 3. The van der Waals surface area contributed by atoms with Gasteiger partial charge in [0.25, 0.3) is 0 Å². The van der Waals surface area contributed by atoms with E-state index in [1.165, 1.54) is 0 Å². The van der Waals surface area contributed by atoms with Gasteiger partial charge >= 0.3 is 0 Å². The lowest BCUT2D eigenvalue weighted by Gasteiger charge is -2.14. The smallest absolute Gasteiger partial charge is 0.194 e. The summed E-state index contributed by atoms with van der Waals surface area (Å²) in [4.78, 5) is 4.32. The lowest BCUT2D eigenvalue weighted by molar-refractivity contribution is 0.410. The van der Waals surface area contributed by atoms with Gasteiger partial charge in [-0.05, 0) is 6.07 Å². The zero-order chi connectivity index (χ0) is 16.2. The molecule has 0 amide bonds. The second kappa shape index (κ2) is 6.51. The van der Waals surface area contributed by atoms with E-state index in [-0.39, 0.29) is 5.41 Å². The van der Waals surface area contributed by atoms with E-state index in [1.54, 1.807) is 7.11 Å². The number of aliphatic imine (C=N–C) groups is 1. The Hall–Kier alpha value is -2.50. The highest BCUT2D eigenvalue weighted by atomic mass is 16.5. The van der Waals surface area contributed by atoms with Gasteiger partial charge in [-0.15, -0.1) is 0 Å². The van der Waals surface area contributed by atoms with Crippen molar-refractivity contribution in [3.63, 3.8) is 0 Å². The lowest BCUT2D eigenvalue weighted by atomic mass is 9.92. The number of guanidine groups is 1. The average Bonchev–Trinajstić information content (AvgIpc) is 2.94. The number of H-pyrrole nitrogens is 1. The van der Waals surface area contributed by atoms with Gasteiger partial charge in [-0.3, -0.25) is 5.10 Å². The average molecular weight is 301 g/mol. The zero-order valence-corrected chi connectivity index (χ0v) is 13.5. The van der Waals surface area contributed by atoms with Crippen LogP contribution in [0.4, 0.5) is 5.82 Å². The van der Waals surface area contributed by atoms with Crippen LogP contribution in [-0.4, -0.2) is 23.3 Å². The van der Waals surface area contributed by atoms with Crippen LogP contribution in [0.1, 0.15) is 32.0 Å². The van der Waals surface area contributed by atoms with Crippen LogP contribution < -0.4 is 15.8 Å². The van der Waals surface area contributed by atoms with Crippen molar-refractivity contribution in [1.29, 1.82) is 0 Å².